The van der Waals surface area contributed by atoms with Gasteiger partial charge >= 0.3 is 0 Å². The number of rotatable bonds is 2. The van der Waals surface area contributed by atoms with E-state index in [-0.39, 0.29) is 24.8 Å². The van der Waals surface area contributed by atoms with Crippen LogP contribution < -0.4 is 5.73 Å². The van der Waals surface area contributed by atoms with E-state index < -0.39 is 5.92 Å². The molecule has 2 atom stereocenters. The highest BCUT2D eigenvalue weighted by atomic mass is 19.3. The molecule has 1 saturated carbocycles. The molecule has 0 radical (unpaired) electrons. The lowest BCUT2D eigenvalue weighted by molar-refractivity contribution is 0.00389. The summed E-state index contributed by atoms with van der Waals surface area (Å²) in [6.07, 6.45) is 1.44. The van der Waals surface area contributed by atoms with Crippen LogP contribution in [0.1, 0.15) is 32.6 Å². The van der Waals surface area contributed by atoms with Gasteiger partial charge in [0.15, 0.2) is 0 Å². The van der Waals surface area contributed by atoms with Crippen molar-refractivity contribution in [3.05, 3.63) is 0 Å². The predicted molar refractivity (Wildman–Crippen MR) is 40.6 cm³/mol. The van der Waals surface area contributed by atoms with Crippen molar-refractivity contribution in [3.63, 3.8) is 0 Å². The highest BCUT2D eigenvalue weighted by Crippen LogP contribution is 2.40. The molecule has 3 heteroatoms. The third-order valence-electron chi connectivity index (χ3n) is 2.52. The van der Waals surface area contributed by atoms with E-state index in [1.54, 1.807) is 0 Å². The first-order chi connectivity index (χ1) is 5.05. The van der Waals surface area contributed by atoms with Crippen molar-refractivity contribution in [2.75, 3.05) is 0 Å². The molecule has 0 heterocycles. The number of hydrogen-bond acceptors (Lipinski definition) is 1. The summed E-state index contributed by atoms with van der Waals surface area (Å²) in [5, 5.41) is 0. The minimum absolute atomic E-state index is 0.00199. The number of hydrogen-bond donors (Lipinski definition) is 1. The first-order valence-electron chi connectivity index (χ1n) is 4.18. The molecule has 2 N–H and O–H groups in total. The van der Waals surface area contributed by atoms with Crippen LogP contribution in [-0.2, 0) is 0 Å². The average Bonchev–Trinajstić information content (AvgIpc) is 2.29. The Balaban J connectivity index is 2.41. The maximum atomic E-state index is 12.6. The van der Waals surface area contributed by atoms with Crippen LogP contribution in [0.5, 0.6) is 0 Å². The Labute approximate surface area is 66.0 Å². The first-order valence-corrected chi connectivity index (χ1v) is 4.18. The summed E-state index contributed by atoms with van der Waals surface area (Å²) >= 11 is 0. The molecule has 1 aliphatic rings. The maximum absolute atomic E-state index is 12.6. The van der Waals surface area contributed by atoms with E-state index in [1.807, 2.05) is 6.92 Å². The molecule has 0 aromatic heterocycles. The second-order valence-electron chi connectivity index (χ2n) is 3.43. The lowest BCUT2D eigenvalue weighted by Crippen LogP contribution is -2.28. The second-order valence-corrected chi connectivity index (χ2v) is 3.43. The van der Waals surface area contributed by atoms with Gasteiger partial charge in [-0.15, -0.1) is 0 Å². The summed E-state index contributed by atoms with van der Waals surface area (Å²) < 4.78 is 25.3. The molecule has 1 nitrogen and oxygen atoms in total. The molecule has 0 bridgehead atoms. The topological polar surface area (TPSA) is 26.0 Å². The van der Waals surface area contributed by atoms with Crippen LogP contribution in [0.3, 0.4) is 0 Å². The maximum Gasteiger partial charge on any atom is 0.248 e. The van der Waals surface area contributed by atoms with Crippen LogP contribution in [0, 0.1) is 5.92 Å². The SMILES string of the molecule is CCC(N)C1CCC(F)(F)C1. The van der Waals surface area contributed by atoms with Gasteiger partial charge in [-0.25, -0.2) is 8.78 Å². The van der Waals surface area contributed by atoms with Gasteiger partial charge in [0.2, 0.25) is 5.92 Å². The Morgan fingerprint density at radius 2 is 2.27 bits per heavy atom. The van der Waals surface area contributed by atoms with Crippen LogP contribution in [-0.4, -0.2) is 12.0 Å². The molecule has 11 heavy (non-hydrogen) atoms. The number of alkyl halides is 2. The molecule has 0 aliphatic heterocycles. The van der Waals surface area contributed by atoms with Crippen LogP contribution in [0.15, 0.2) is 0 Å². The lowest BCUT2D eigenvalue weighted by atomic mass is 9.97. The Morgan fingerprint density at radius 1 is 1.64 bits per heavy atom. The molecular weight excluding hydrogens is 148 g/mol. The van der Waals surface area contributed by atoms with Gasteiger partial charge in [-0.2, -0.15) is 0 Å². The Bertz CT molecular complexity index is 136. The van der Waals surface area contributed by atoms with E-state index in [0.29, 0.717) is 6.42 Å². The van der Waals surface area contributed by atoms with Gasteiger partial charge in [0.25, 0.3) is 0 Å². The van der Waals surface area contributed by atoms with Crippen LogP contribution in [0.2, 0.25) is 0 Å². The van der Waals surface area contributed by atoms with Crippen molar-refractivity contribution in [1.82, 2.24) is 0 Å². The fourth-order valence-corrected chi connectivity index (χ4v) is 1.68. The molecule has 0 amide bonds. The van der Waals surface area contributed by atoms with Crippen molar-refractivity contribution >= 4 is 0 Å². The molecule has 2 unspecified atom stereocenters. The molecule has 1 fully saturated rings. The lowest BCUT2D eigenvalue weighted by Gasteiger charge is -2.16. The Morgan fingerprint density at radius 3 is 2.64 bits per heavy atom. The molecule has 0 aromatic rings. The Kier molecular flexibility index (Phi) is 2.47. The van der Waals surface area contributed by atoms with E-state index in [1.165, 1.54) is 0 Å². The van der Waals surface area contributed by atoms with E-state index in [4.69, 9.17) is 5.73 Å². The van der Waals surface area contributed by atoms with Crippen molar-refractivity contribution in [3.8, 4) is 0 Å². The molecule has 1 aliphatic carbocycles. The van der Waals surface area contributed by atoms with Gasteiger partial charge in [-0.05, 0) is 18.8 Å². The Hall–Kier alpha value is -0.180. The smallest absolute Gasteiger partial charge is 0.248 e. The standard InChI is InChI=1S/C8H15F2N/c1-2-7(11)6-3-4-8(9,10)5-6/h6-7H,2-5,11H2,1H3. The highest BCUT2D eigenvalue weighted by Gasteiger charge is 2.40. The highest BCUT2D eigenvalue weighted by molar-refractivity contribution is 4.86. The zero-order valence-electron chi connectivity index (χ0n) is 6.82. The average molecular weight is 163 g/mol. The van der Waals surface area contributed by atoms with Gasteiger partial charge in [0.05, 0.1) is 0 Å². The largest absolute Gasteiger partial charge is 0.327 e. The summed E-state index contributed by atoms with van der Waals surface area (Å²) in [5.41, 5.74) is 5.67. The molecular formula is C8H15F2N. The number of halogens is 2. The van der Waals surface area contributed by atoms with Gasteiger partial charge in [-0.3, -0.25) is 0 Å². The third-order valence-corrected chi connectivity index (χ3v) is 2.52. The predicted octanol–water partition coefficient (Wildman–Crippen LogP) is 2.16. The minimum atomic E-state index is -2.43. The summed E-state index contributed by atoms with van der Waals surface area (Å²) in [6, 6.07) is -0.0247. The minimum Gasteiger partial charge on any atom is -0.327 e. The van der Waals surface area contributed by atoms with Gasteiger partial charge in [0.1, 0.15) is 0 Å². The molecule has 66 valence electrons. The van der Waals surface area contributed by atoms with Gasteiger partial charge in [0, 0.05) is 18.9 Å². The van der Waals surface area contributed by atoms with Crippen molar-refractivity contribution in [2.24, 2.45) is 11.7 Å². The quantitative estimate of drug-likeness (QED) is 0.663. The monoisotopic (exact) mass is 163 g/mol. The molecule has 0 spiro atoms. The van der Waals surface area contributed by atoms with Gasteiger partial charge in [-0.1, -0.05) is 6.92 Å². The summed E-state index contributed by atoms with van der Waals surface area (Å²) in [5.74, 6) is -2.38. The van der Waals surface area contributed by atoms with Gasteiger partial charge < -0.3 is 5.73 Å². The molecule has 0 saturated heterocycles. The summed E-state index contributed by atoms with van der Waals surface area (Å²) in [7, 11) is 0. The van der Waals surface area contributed by atoms with E-state index in [9.17, 15) is 8.78 Å². The fourth-order valence-electron chi connectivity index (χ4n) is 1.68. The first kappa shape index (κ1) is 8.91. The van der Waals surface area contributed by atoms with E-state index in [2.05, 4.69) is 0 Å². The van der Waals surface area contributed by atoms with Crippen LogP contribution in [0.25, 0.3) is 0 Å². The third kappa shape index (κ3) is 2.12. The van der Waals surface area contributed by atoms with E-state index in [0.717, 1.165) is 6.42 Å². The fraction of sp³-hybridized carbons (Fsp3) is 1.00. The van der Waals surface area contributed by atoms with Crippen LogP contribution in [0.4, 0.5) is 8.78 Å². The van der Waals surface area contributed by atoms with Crippen LogP contribution >= 0.6 is 0 Å². The van der Waals surface area contributed by atoms with Crippen molar-refractivity contribution < 1.29 is 8.78 Å². The number of nitrogens with two attached hydrogens (primary N) is 1. The van der Waals surface area contributed by atoms with E-state index >= 15 is 0 Å². The summed E-state index contributed by atoms with van der Waals surface area (Å²) in [4.78, 5) is 0. The van der Waals surface area contributed by atoms with Crippen molar-refractivity contribution in [2.45, 2.75) is 44.6 Å². The molecule has 0 aromatic carbocycles. The zero-order valence-corrected chi connectivity index (χ0v) is 6.82. The zero-order chi connectivity index (χ0) is 8.48. The second kappa shape index (κ2) is 3.05. The van der Waals surface area contributed by atoms with Crippen molar-refractivity contribution in [1.29, 1.82) is 0 Å². The summed E-state index contributed by atoms with van der Waals surface area (Å²) in [6.45, 7) is 1.95. The molecule has 1 rings (SSSR count). The normalized spacial score (nSPS) is 32.2.